The van der Waals surface area contributed by atoms with Crippen molar-refractivity contribution in [3.63, 3.8) is 0 Å². The maximum Gasteiger partial charge on any atom is 0.302 e. The van der Waals surface area contributed by atoms with E-state index in [-0.39, 0.29) is 13.2 Å². The quantitative estimate of drug-likeness (QED) is 0.159. The van der Waals surface area contributed by atoms with Crippen LogP contribution < -0.4 is 0 Å². The van der Waals surface area contributed by atoms with Crippen molar-refractivity contribution in [1.29, 1.82) is 0 Å². The molecular weight excluding hydrogens is 508 g/mol. The van der Waals surface area contributed by atoms with Crippen LogP contribution in [0.4, 0.5) is 0 Å². The van der Waals surface area contributed by atoms with Gasteiger partial charge in [0, 0.05) is 13.3 Å². The first-order chi connectivity index (χ1) is 19.6. The molecule has 5 atom stereocenters. The molecular formula is C33H36O7. The number of rotatable bonds is 14. The maximum absolute atomic E-state index is 11.8. The van der Waals surface area contributed by atoms with E-state index in [9.17, 15) is 4.79 Å². The molecule has 1 heterocycles. The number of carbonyl (C=O) groups is 1. The third kappa shape index (κ3) is 9.02. The van der Waals surface area contributed by atoms with E-state index in [0.29, 0.717) is 26.2 Å². The molecule has 0 aromatic heterocycles. The van der Waals surface area contributed by atoms with Crippen molar-refractivity contribution in [2.45, 2.75) is 63.9 Å². The highest BCUT2D eigenvalue weighted by Gasteiger charge is 2.49. The lowest BCUT2D eigenvalue weighted by Gasteiger charge is -2.45. The van der Waals surface area contributed by atoms with Crippen molar-refractivity contribution >= 4 is 5.97 Å². The van der Waals surface area contributed by atoms with Gasteiger partial charge in [-0.25, -0.2) is 0 Å². The molecule has 210 valence electrons. The third-order valence-corrected chi connectivity index (χ3v) is 6.43. The van der Waals surface area contributed by atoms with E-state index in [1.807, 2.05) is 91.0 Å². The molecule has 0 bridgehead atoms. The number of ether oxygens (including phenoxy) is 6. The Hall–Kier alpha value is -3.51. The number of benzene rings is 3. The van der Waals surface area contributed by atoms with E-state index in [1.54, 1.807) is 0 Å². The predicted molar refractivity (Wildman–Crippen MR) is 150 cm³/mol. The second kappa shape index (κ2) is 15.9. The smallest absolute Gasteiger partial charge is 0.302 e. The fourth-order valence-electron chi connectivity index (χ4n) is 4.45. The minimum absolute atomic E-state index is 0.0274. The van der Waals surface area contributed by atoms with E-state index in [4.69, 9.17) is 34.8 Å². The SMILES string of the molecule is C#CCCOC1O[C@H](COC(C)=O)[C@@H](OCc2ccccc2)[C@H](OCc2ccccc2)[C@H]1OCc1ccccc1. The molecule has 3 aromatic carbocycles. The zero-order chi connectivity index (χ0) is 28.0. The Labute approximate surface area is 236 Å². The number of hydrogen-bond donors (Lipinski definition) is 0. The summed E-state index contributed by atoms with van der Waals surface area (Å²) in [7, 11) is 0. The molecule has 0 aliphatic carbocycles. The van der Waals surface area contributed by atoms with Gasteiger partial charge in [-0.2, -0.15) is 0 Å². The number of esters is 1. The standard InChI is InChI=1S/C33H36O7/c1-3-4-20-35-33-32(39-23-28-18-12-7-13-19-28)31(38-22-27-16-10-6-11-17-27)30(29(40-33)24-36-25(2)34)37-21-26-14-8-5-9-15-26/h1,5-19,29-33H,4,20-24H2,2H3/t29-,30-,31+,32-,33?/m1/s1. The Bertz CT molecular complexity index is 1180. The van der Waals surface area contributed by atoms with Gasteiger partial charge in [0.25, 0.3) is 0 Å². The van der Waals surface area contributed by atoms with E-state index in [2.05, 4.69) is 5.92 Å². The Morgan fingerprint density at radius 3 is 1.68 bits per heavy atom. The first-order valence-electron chi connectivity index (χ1n) is 13.4. The number of carbonyl (C=O) groups excluding carboxylic acids is 1. The van der Waals surface area contributed by atoms with Crippen molar-refractivity contribution < 1.29 is 33.2 Å². The second-order valence-corrected chi connectivity index (χ2v) is 9.45. The topological polar surface area (TPSA) is 72.5 Å². The Balaban J connectivity index is 1.63. The summed E-state index contributed by atoms with van der Waals surface area (Å²) in [5.41, 5.74) is 2.99. The van der Waals surface area contributed by atoms with Gasteiger partial charge in [-0.15, -0.1) is 12.3 Å². The molecule has 7 nitrogen and oxygen atoms in total. The second-order valence-electron chi connectivity index (χ2n) is 9.45. The molecule has 1 aliphatic rings. The highest BCUT2D eigenvalue weighted by atomic mass is 16.7. The van der Waals surface area contributed by atoms with Crippen LogP contribution in [0.15, 0.2) is 91.0 Å². The molecule has 1 fully saturated rings. The maximum atomic E-state index is 11.8. The highest BCUT2D eigenvalue weighted by Crippen LogP contribution is 2.31. The van der Waals surface area contributed by atoms with Crippen LogP contribution in [0.3, 0.4) is 0 Å². The zero-order valence-electron chi connectivity index (χ0n) is 22.7. The van der Waals surface area contributed by atoms with Gasteiger partial charge >= 0.3 is 5.97 Å². The lowest BCUT2D eigenvalue weighted by atomic mass is 9.97. The lowest BCUT2D eigenvalue weighted by Crippen LogP contribution is -2.62. The highest BCUT2D eigenvalue weighted by molar-refractivity contribution is 5.65. The molecule has 7 heteroatoms. The van der Waals surface area contributed by atoms with Gasteiger partial charge in [-0.1, -0.05) is 91.0 Å². The first-order valence-corrected chi connectivity index (χ1v) is 13.4. The van der Waals surface area contributed by atoms with Gasteiger partial charge in [0.05, 0.1) is 26.4 Å². The summed E-state index contributed by atoms with van der Waals surface area (Å²) in [5.74, 6) is 2.17. The van der Waals surface area contributed by atoms with Crippen molar-refractivity contribution in [2.24, 2.45) is 0 Å². The molecule has 0 N–H and O–H groups in total. The minimum atomic E-state index is -0.824. The molecule has 3 aromatic rings. The Morgan fingerprint density at radius 1 is 0.725 bits per heavy atom. The monoisotopic (exact) mass is 544 g/mol. The average Bonchev–Trinajstić information content (AvgIpc) is 2.99. The summed E-state index contributed by atoms with van der Waals surface area (Å²) in [4.78, 5) is 11.8. The molecule has 1 aliphatic heterocycles. The van der Waals surface area contributed by atoms with Crippen LogP contribution in [0.2, 0.25) is 0 Å². The molecule has 40 heavy (non-hydrogen) atoms. The van der Waals surface area contributed by atoms with Crippen LogP contribution in [0, 0.1) is 12.3 Å². The summed E-state index contributed by atoms with van der Waals surface area (Å²) in [5, 5.41) is 0. The molecule has 4 rings (SSSR count). The van der Waals surface area contributed by atoms with Crippen molar-refractivity contribution in [2.75, 3.05) is 13.2 Å². The van der Waals surface area contributed by atoms with E-state index in [1.165, 1.54) is 6.92 Å². The molecule has 0 saturated carbocycles. The molecule has 0 amide bonds. The van der Waals surface area contributed by atoms with Gasteiger partial charge in [0.15, 0.2) is 6.29 Å². The molecule has 1 unspecified atom stereocenters. The van der Waals surface area contributed by atoms with Gasteiger partial charge in [0.1, 0.15) is 31.0 Å². The average molecular weight is 545 g/mol. The van der Waals surface area contributed by atoms with Crippen LogP contribution in [-0.4, -0.2) is 49.9 Å². The van der Waals surface area contributed by atoms with E-state index < -0.39 is 36.7 Å². The van der Waals surface area contributed by atoms with Gasteiger partial charge in [0.2, 0.25) is 0 Å². The van der Waals surface area contributed by atoms with Crippen molar-refractivity contribution in [3.05, 3.63) is 108 Å². The van der Waals surface area contributed by atoms with Crippen LogP contribution in [0.25, 0.3) is 0 Å². The van der Waals surface area contributed by atoms with Gasteiger partial charge < -0.3 is 28.4 Å². The van der Waals surface area contributed by atoms with Gasteiger partial charge in [-0.3, -0.25) is 4.79 Å². The predicted octanol–water partition coefficient (Wildman–Crippen LogP) is 5.07. The number of hydrogen-bond acceptors (Lipinski definition) is 7. The van der Waals surface area contributed by atoms with E-state index in [0.717, 1.165) is 16.7 Å². The molecule has 0 radical (unpaired) electrons. The summed E-state index contributed by atoms with van der Waals surface area (Å²) in [6.07, 6.45) is 2.49. The molecule has 0 spiro atoms. The van der Waals surface area contributed by atoms with Crippen LogP contribution in [0.1, 0.15) is 30.0 Å². The summed E-state index contributed by atoms with van der Waals surface area (Å²) >= 11 is 0. The summed E-state index contributed by atoms with van der Waals surface area (Å²) in [6, 6.07) is 29.6. The van der Waals surface area contributed by atoms with E-state index >= 15 is 0 Å². The van der Waals surface area contributed by atoms with Crippen molar-refractivity contribution in [3.8, 4) is 12.3 Å². The Kier molecular flexibility index (Phi) is 11.7. The fraction of sp³-hybridized carbons (Fsp3) is 0.364. The minimum Gasteiger partial charge on any atom is -0.463 e. The largest absolute Gasteiger partial charge is 0.463 e. The fourth-order valence-corrected chi connectivity index (χ4v) is 4.45. The van der Waals surface area contributed by atoms with Crippen LogP contribution >= 0.6 is 0 Å². The zero-order valence-corrected chi connectivity index (χ0v) is 22.7. The Morgan fingerprint density at radius 2 is 1.20 bits per heavy atom. The van der Waals surface area contributed by atoms with Crippen molar-refractivity contribution in [1.82, 2.24) is 0 Å². The first kappa shape index (κ1) is 29.5. The van der Waals surface area contributed by atoms with Gasteiger partial charge in [-0.05, 0) is 16.7 Å². The normalized spacial score (nSPS) is 22.4. The van der Waals surface area contributed by atoms with Crippen LogP contribution in [-0.2, 0) is 53.0 Å². The summed E-state index contributed by atoms with van der Waals surface area (Å²) < 4.78 is 37.3. The third-order valence-electron chi connectivity index (χ3n) is 6.43. The summed E-state index contributed by atoms with van der Waals surface area (Å²) in [6.45, 7) is 2.55. The van der Waals surface area contributed by atoms with Crippen LogP contribution in [0.5, 0.6) is 0 Å². The number of terminal acetylenes is 1. The molecule has 1 saturated heterocycles. The lowest BCUT2D eigenvalue weighted by molar-refractivity contribution is -0.326.